The topological polar surface area (TPSA) is 58.6 Å². The van der Waals surface area contributed by atoms with Crippen molar-refractivity contribution >= 4 is 11.9 Å². The SMILES string of the molecule is COC(=O)[C@H](C)N1CC[C@@]2(CCCN2)C1=O. The molecule has 1 N–H and O–H groups in total. The monoisotopic (exact) mass is 226 g/mol. The van der Waals surface area contributed by atoms with Crippen LogP contribution in [0.3, 0.4) is 0 Å². The maximum atomic E-state index is 12.2. The molecule has 0 aromatic rings. The van der Waals surface area contributed by atoms with Gasteiger partial charge in [-0.15, -0.1) is 0 Å². The number of amides is 1. The second kappa shape index (κ2) is 4.05. The van der Waals surface area contributed by atoms with Gasteiger partial charge in [-0.2, -0.15) is 0 Å². The smallest absolute Gasteiger partial charge is 0.328 e. The minimum Gasteiger partial charge on any atom is -0.467 e. The molecule has 0 aromatic heterocycles. The zero-order valence-electron chi connectivity index (χ0n) is 9.78. The number of nitrogens with one attached hydrogen (secondary N) is 1. The average Bonchev–Trinajstić information content (AvgIpc) is 2.88. The lowest BCUT2D eigenvalue weighted by atomic mass is 9.96. The summed E-state index contributed by atoms with van der Waals surface area (Å²) in [4.78, 5) is 25.3. The lowest BCUT2D eigenvalue weighted by molar-refractivity contribution is -0.151. The zero-order valence-corrected chi connectivity index (χ0v) is 9.78. The summed E-state index contributed by atoms with van der Waals surface area (Å²) < 4.78 is 4.67. The van der Waals surface area contributed by atoms with Gasteiger partial charge in [0.1, 0.15) is 6.04 Å². The van der Waals surface area contributed by atoms with Crippen molar-refractivity contribution in [1.29, 1.82) is 0 Å². The molecular weight excluding hydrogens is 208 g/mol. The first-order valence-electron chi connectivity index (χ1n) is 5.75. The van der Waals surface area contributed by atoms with Crippen molar-refractivity contribution in [2.24, 2.45) is 0 Å². The highest BCUT2D eigenvalue weighted by Crippen LogP contribution is 2.32. The number of hydrogen-bond acceptors (Lipinski definition) is 4. The van der Waals surface area contributed by atoms with Gasteiger partial charge in [-0.3, -0.25) is 4.79 Å². The predicted octanol–water partition coefficient (Wildman–Crippen LogP) is -0.0976. The van der Waals surface area contributed by atoms with Gasteiger partial charge < -0.3 is 15.0 Å². The van der Waals surface area contributed by atoms with Gasteiger partial charge in [0, 0.05) is 6.54 Å². The van der Waals surface area contributed by atoms with E-state index in [4.69, 9.17) is 0 Å². The van der Waals surface area contributed by atoms with Crippen LogP contribution in [0, 0.1) is 0 Å². The van der Waals surface area contributed by atoms with E-state index in [1.165, 1.54) is 7.11 Å². The van der Waals surface area contributed by atoms with Crippen molar-refractivity contribution in [2.75, 3.05) is 20.2 Å². The highest BCUT2D eigenvalue weighted by molar-refractivity contribution is 5.92. The molecule has 2 aliphatic rings. The molecule has 0 aromatic carbocycles. The van der Waals surface area contributed by atoms with Gasteiger partial charge in [-0.05, 0) is 32.7 Å². The predicted molar refractivity (Wildman–Crippen MR) is 57.8 cm³/mol. The van der Waals surface area contributed by atoms with Crippen LogP contribution in [-0.4, -0.2) is 48.6 Å². The lowest BCUT2D eigenvalue weighted by Gasteiger charge is -2.26. The first-order valence-corrected chi connectivity index (χ1v) is 5.75. The zero-order chi connectivity index (χ0) is 11.8. The number of esters is 1. The Balaban J connectivity index is 2.09. The number of carbonyl (C=O) groups excluding carboxylic acids is 2. The van der Waals surface area contributed by atoms with Crippen LogP contribution in [0.1, 0.15) is 26.2 Å². The highest BCUT2D eigenvalue weighted by Gasteiger charge is 2.50. The van der Waals surface area contributed by atoms with Crippen LogP contribution >= 0.6 is 0 Å². The summed E-state index contributed by atoms with van der Waals surface area (Å²) >= 11 is 0. The first-order chi connectivity index (χ1) is 7.60. The van der Waals surface area contributed by atoms with E-state index < -0.39 is 6.04 Å². The third kappa shape index (κ3) is 1.59. The Hall–Kier alpha value is -1.10. The minimum absolute atomic E-state index is 0.0582. The molecule has 5 heteroatoms. The van der Waals surface area contributed by atoms with Crippen molar-refractivity contribution in [3.05, 3.63) is 0 Å². The van der Waals surface area contributed by atoms with E-state index in [2.05, 4.69) is 10.1 Å². The molecule has 90 valence electrons. The molecule has 1 spiro atoms. The van der Waals surface area contributed by atoms with Gasteiger partial charge in [0.15, 0.2) is 0 Å². The third-order valence-corrected chi connectivity index (χ3v) is 3.70. The van der Waals surface area contributed by atoms with Gasteiger partial charge >= 0.3 is 5.97 Å². The summed E-state index contributed by atoms with van der Waals surface area (Å²) in [7, 11) is 1.35. The summed E-state index contributed by atoms with van der Waals surface area (Å²) in [5.41, 5.74) is -0.387. The van der Waals surface area contributed by atoms with E-state index in [1.807, 2.05) is 0 Å². The molecule has 5 nitrogen and oxygen atoms in total. The summed E-state index contributed by atoms with van der Waals surface area (Å²) in [6.45, 7) is 3.26. The molecular formula is C11H18N2O3. The van der Waals surface area contributed by atoms with Crippen molar-refractivity contribution in [3.8, 4) is 0 Å². The van der Waals surface area contributed by atoms with E-state index in [9.17, 15) is 9.59 Å². The van der Waals surface area contributed by atoms with Gasteiger partial charge in [0.05, 0.1) is 12.6 Å². The van der Waals surface area contributed by atoms with Gasteiger partial charge in [-0.25, -0.2) is 4.79 Å². The normalized spacial score (nSPS) is 31.1. The van der Waals surface area contributed by atoms with Crippen LogP contribution in [-0.2, 0) is 14.3 Å². The van der Waals surface area contributed by atoms with Gasteiger partial charge in [0.2, 0.25) is 5.91 Å². The molecule has 2 rings (SSSR count). The highest BCUT2D eigenvalue weighted by atomic mass is 16.5. The minimum atomic E-state index is -0.473. The Labute approximate surface area is 95.1 Å². The molecule has 0 saturated carbocycles. The molecule has 2 aliphatic heterocycles. The van der Waals surface area contributed by atoms with Crippen LogP contribution in [0.25, 0.3) is 0 Å². The molecule has 1 amide bonds. The molecule has 2 heterocycles. The van der Waals surface area contributed by atoms with E-state index in [0.29, 0.717) is 6.54 Å². The quantitative estimate of drug-likeness (QED) is 0.668. The molecule has 0 unspecified atom stereocenters. The second-order valence-corrected chi connectivity index (χ2v) is 4.56. The third-order valence-electron chi connectivity index (χ3n) is 3.70. The number of methoxy groups -OCH3 is 1. The van der Waals surface area contributed by atoms with Crippen LogP contribution in [0.4, 0.5) is 0 Å². The fourth-order valence-electron chi connectivity index (χ4n) is 2.66. The summed E-state index contributed by atoms with van der Waals surface area (Å²) in [5.74, 6) is -0.286. The number of hydrogen-bond donors (Lipinski definition) is 1. The summed E-state index contributed by atoms with van der Waals surface area (Å²) in [6.07, 6.45) is 2.72. The Kier molecular flexibility index (Phi) is 2.88. The number of likely N-dealkylation sites (tertiary alicyclic amines) is 1. The largest absolute Gasteiger partial charge is 0.467 e. The maximum absolute atomic E-state index is 12.2. The fourth-order valence-corrected chi connectivity index (χ4v) is 2.66. The fraction of sp³-hybridized carbons (Fsp3) is 0.818. The lowest BCUT2D eigenvalue weighted by Crippen LogP contribution is -2.50. The maximum Gasteiger partial charge on any atom is 0.328 e. The Morgan fingerprint density at radius 3 is 2.88 bits per heavy atom. The van der Waals surface area contributed by atoms with E-state index >= 15 is 0 Å². The molecule has 16 heavy (non-hydrogen) atoms. The van der Waals surface area contributed by atoms with E-state index in [-0.39, 0.29) is 17.4 Å². The standard InChI is InChI=1S/C11H18N2O3/c1-8(9(14)16-2)13-7-5-11(10(13)15)4-3-6-12-11/h8,12H,3-7H2,1-2H3/t8-,11-/m0/s1. The Bertz CT molecular complexity index is 310. The molecule has 0 radical (unpaired) electrons. The Morgan fingerprint density at radius 2 is 2.31 bits per heavy atom. The number of ether oxygens (including phenoxy) is 1. The average molecular weight is 226 g/mol. The second-order valence-electron chi connectivity index (χ2n) is 4.56. The first kappa shape index (κ1) is 11.4. The number of rotatable bonds is 2. The van der Waals surface area contributed by atoms with Crippen molar-refractivity contribution in [2.45, 2.75) is 37.8 Å². The Morgan fingerprint density at radius 1 is 1.56 bits per heavy atom. The van der Waals surface area contributed by atoms with E-state index in [1.54, 1.807) is 11.8 Å². The van der Waals surface area contributed by atoms with Crippen LogP contribution < -0.4 is 5.32 Å². The molecule has 0 bridgehead atoms. The van der Waals surface area contributed by atoms with Crippen LogP contribution in [0.2, 0.25) is 0 Å². The van der Waals surface area contributed by atoms with Crippen molar-refractivity contribution in [1.82, 2.24) is 10.2 Å². The van der Waals surface area contributed by atoms with Gasteiger partial charge in [-0.1, -0.05) is 0 Å². The van der Waals surface area contributed by atoms with Gasteiger partial charge in [0.25, 0.3) is 0 Å². The molecule has 2 fully saturated rings. The van der Waals surface area contributed by atoms with E-state index in [0.717, 1.165) is 25.8 Å². The number of carbonyl (C=O) groups is 2. The van der Waals surface area contributed by atoms with Crippen LogP contribution in [0.5, 0.6) is 0 Å². The molecule has 2 saturated heterocycles. The summed E-state index contributed by atoms with van der Waals surface area (Å²) in [6, 6.07) is -0.473. The summed E-state index contributed by atoms with van der Waals surface area (Å²) in [5, 5.41) is 3.28. The molecule has 0 aliphatic carbocycles. The van der Waals surface area contributed by atoms with Crippen molar-refractivity contribution < 1.29 is 14.3 Å². The van der Waals surface area contributed by atoms with Crippen LogP contribution in [0.15, 0.2) is 0 Å². The number of nitrogens with zero attached hydrogens (tertiary/aromatic N) is 1. The molecule has 2 atom stereocenters. The van der Waals surface area contributed by atoms with Crippen molar-refractivity contribution in [3.63, 3.8) is 0 Å².